The summed E-state index contributed by atoms with van der Waals surface area (Å²) < 4.78 is 0. The lowest BCUT2D eigenvalue weighted by Gasteiger charge is -2.65. The molecule has 0 radical (unpaired) electrons. The summed E-state index contributed by atoms with van der Waals surface area (Å²) in [6.45, 7) is 4.92. The van der Waals surface area contributed by atoms with Crippen LogP contribution in [0.25, 0.3) is 0 Å². The first-order valence-electron chi connectivity index (χ1n) is 8.18. The predicted molar refractivity (Wildman–Crippen MR) is 80.8 cm³/mol. The van der Waals surface area contributed by atoms with Crippen molar-refractivity contribution in [2.24, 2.45) is 22.2 Å². The second-order valence-electron chi connectivity index (χ2n) is 8.86. The molecule has 2 unspecified atom stereocenters. The lowest BCUT2D eigenvalue weighted by Crippen LogP contribution is -2.55. The molecule has 5 rings (SSSR count). The zero-order valence-corrected chi connectivity index (χ0v) is 13.1. The molecule has 4 aliphatic carbocycles. The fraction of sp³-hybridized carbons (Fsp3) is 0.722. The van der Waals surface area contributed by atoms with Gasteiger partial charge >= 0.3 is 0 Å². The predicted octanol–water partition coefficient (Wildman–Crippen LogP) is 4.05. The molecule has 0 N–H and O–H groups in total. The highest BCUT2D eigenvalue weighted by atomic mass is 16.1. The molecule has 0 aromatic carbocycles. The molecular weight excluding hydrogens is 260 g/mol. The van der Waals surface area contributed by atoms with E-state index in [4.69, 9.17) is 0 Å². The highest BCUT2D eigenvalue weighted by Gasteiger charge is 2.60. The van der Waals surface area contributed by atoms with E-state index in [1.165, 1.54) is 44.9 Å². The van der Waals surface area contributed by atoms with Gasteiger partial charge in [0.15, 0.2) is 5.78 Å². The minimum absolute atomic E-state index is 0.241. The fourth-order valence-electron chi connectivity index (χ4n) is 6.77. The molecule has 0 aliphatic heterocycles. The van der Waals surface area contributed by atoms with Gasteiger partial charge in [-0.3, -0.25) is 4.79 Å². The van der Waals surface area contributed by atoms with E-state index in [1.807, 2.05) is 0 Å². The maximum Gasteiger partial charge on any atom is 0.166 e. The Morgan fingerprint density at radius 3 is 2.29 bits per heavy atom. The van der Waals surface area contributed by atoms with Gasteiger partial charge in [0.05, 0.1) is 5.56 Å². The van der Waals surface area contributed by atoms with Crippen LogP contribution in [0.15, 0.2) is 18.7 Å². The van der Waals surface area contributed by atoms with E-state index < -0.39 is 0 Å². The maximum absolute atomic E-state index is 12.7. The third-order valence-electron chi connectivity index (χ3n) is 6.16. The molecule has 0 amide bonds. The molecule has 4 saturated carbocycles. The second kappa shape index (κ2) is 4.15. The Labute approximate surface area is 126 Å². The quantitative estimate of drug-likeness (QED) is 0.786. The highest BCUT2D eigenvalue weighted by molar-refractivity contribution is 5.95. The maximum atomic E-state index is 12.7. The van der Waals surface area contributed by atoms with Gasteiger partial charge in [-0.1, -0.05) is 13.8 Å². The van der Waals surface area contributed by atoms with Gasteiger partial charge in [-0.05, 0) is 60.7 Å². The van der Waals surface area contributed by atoms with E-state index >= 15 is 0 Å². The lowest BCUT2D eigenvalue weighted by atomic mass is 9.39. The number of carbonyl (C=O) groups is 1. The van der Waals surface area contributed by atoms with Crippen molar-refractivity contribution in [3.05, 3.63) is 24.3 Å². The van der Waals surface area contributed by atoms with E-state index in [1.54, 1.807) is 12.4 Å². The Morgan fingerprint density at radius 1 is 1.10 bits per heavy atom. The number of aromatic nitrogens is 2. The van der Waals surface area contributed by atoms with Gasteiger partial charge in [0.2, 0.25) is 0 Å². The Kier molecular flexibility index (Phi) is 2.65. The molecule has 4 aliphatic rings. The average molecular weight is 284 g/mol. The zero-order chi connectivity index (χ0) is 14.7. The van der Waals surface area contributed by atoms with Crippen LogP contribution < -0.4 is 0 Å². The van der Waals surface area contributed by atoms with Crippen molar-refractivity contribution in [1.82, 2.24) is 9.97 Å². The molecular formula is C18H24N2O. The third-order valence-corrected chi connectivity index (χ3v) is 6.16. The molecule has 3 nitrogen and oxygen atoms in total. The summed E-state index contributed by atoms with van der Waals surface area (Å²) in [5, 5.41) is 0. The zero-order valence-electron chi connectivity index (χ0n) is 13.1. The molecule has 3 heteroatoms. The Morgan fingerprint density at radius 2 is 1.71 bits per heavy atom. The Balaban J connectivity index is 1.61. The third kappa shape index (κ3) is 2.21. The van der Waals surface area contributed by atoms with Crippen molar-refractivity contribution in [2.45, 2.75) is 58.8 Å². The summed E-state index contributed by atoms with van der Waals surface area (Å²) in [5.74, 6) is 1.08. The molecule has 0 saturated heterocycles. The van der Waals surface area contributed by atoms with E-state index in [9.17, 15) is 4.79 Å². The van der Waals surface area contributed by atoms with Crippen LogP contribution in [-0.2, 0) is 0 Å². The first-order valence-corrected chi connectivity index (χ1v) is 8.18. The number of rotatable bonds is 3. The van der Waals surface area contributed by atoms with Crippen LogP contribution in [0.1, 0.15) is 69.2 Å². The topological polar surface area (TPSA) is 42.9 Å². The van der Waals surface area contributed by atoms with Crippen LogP contribution in [0.4, 0.5) is 0 Å². The van der Waals surface area contributed by atoms with Crippen LogP contribution in [0, 0.1) is 22.2 Å². The molecule has 4 bridgehead atoms. The van der Waals surface area contributed by atoms with E-state index in [-0.39, 0.29) is 11.2 Å². The SMILES string of the molecule is CC12CC3CC(C)(C1)CC(CC(=O)c1cncnc1)(C3)C2. The van der Waals surface area contributed by atoms with Crippen molar-refractivity contribution < 1.29 is 4.79 Å². The molecule has 4 fully saturated rings. The molecule has 1 heterocycles. The number of hydrogen-bond donors (Lipinski definition) is 0. The summed E-state index contributed by atoms with van der Waals surface area (Å²) in [5.41, 5.74) is 1.88. The number of hydrogen-bond acceptors (Lipinski definition) is 3. The average Bonchev–Trinajstić information content (AvgIpc) is 2.34. The minimum atomic E-state index is 0.241. The lowest BCUT2D eigenvalue weighted by molar-refractivity contribution is -0.143. The Bertz CT molecular complexity index is 564. The molecule has 1 aromatic rings. The van der Waals surface area contributed by atoms with Crippen LogP contribution in [-0.4, -0.2) is 15.8 Å². The summed E-state index contributed by atoms with van der Waals surface area (Å²) in [6, 6.07) is 0. The number of carbonyl (C=O) groups excluding carboxylic acids is 1. The minimum Gasteiger partial charge on any atom is -0.294 e. The van der Waals surface area contributed by atoms with Crippen LogP contribution >= 0.6 is 0 Å². The summed E-state index contributed by atoms with van der Waals surface area (Å²) in [4.78, 5) is 20.6. The number of nitrogens with zero attached hydrogens (tertiary/aromatic N) is 2. The first kappa shape index (κ1) is 13.4. The van der Waals surface area contributed by atoms with Crippen molar-refractivity contribution >= 4 is 5.78 Å². The highest BCUT2D eigenvalue weighted by Crippen LogP contribution is 2.70. The molecule has 1 aromatic heterocycles. The van der Waals surface area contributed by atoms with Gasteiger partial charge in [0.1, 0.15) is 6.33 Å². The monoisotopic (exact) mass is 284 g/mol. The van der Waals surface area contributed by atoms with Crippen molar-refractivity contribution in [3.8, 4) is 0 Å². The summed E-state index contributed by atoms with van der Waals surface area (Å²) in [6.07, 6.45) is 13.4. The van der Waals surface area contributed by atoms with E-state index in [2.05, 4.69) is 23.8 Å². The van der Waals surface area contributed by atoms with Crippen LogP contribution in [0.2, 0.25) is 0 Å². The summed E-state index contributed by atoms with van der Waals surface area (Å²) in [7, 11) is 0. The van der Waals surface area contributed by atoms with Gasteiger partial charge in [-0.2, -0.15) is 0 Å². The van der Waals surface area contributed by atoms with E-state index in [0.717, 1.165) is 5.92 Å². The largest absolute Gasteiger partial charge is 0.294 e. The van der Waals surface area contributed by atoms with Crippen molar-refractivity contribution in [2.75, 3.05) is 0 Å². The van der Waals surface area contributed by atoms with Crippen LogP contribution in [0.3, 0.4) is 0 Å². The smallest absolute Gasteiger partial charge is 0.166 e. The molecule has 0 spiro atoms. The number of ketones is 1. The molecule has 21 heavy (non-hydrogen) atoms. The van der Waals surface area contributed by atoms with Gasteiger partial charge in [0, 0.05) is 18.8 Å². The summed E-state index contributed by atoms with van der Waals surface area (Å²) >= 11 is 0. The first-order chi connectivity index (χ1) is 9.90. The standard InChI is InChI=1S/C18H24N2O/c1-16-3-13-4-17(2,9-16)11-18(5-13,10-16)6-15(21)14-7-19-12-20-8-14/h7-8,12-13H,3-6,9-11H2,1-2H3. The van der Waals surface area contributed by atoms with E-state index in [0.29, 0.717) is 22.8 Å². The van der Waals surface area contributed by atoms with Crippen molar-refractivity contribution in [3.63, 3.8) is 0 Å². The molecule has 2 atom stereocenters. The van der Waals surface area contributed by atoms with Gasteiger partial charge < -0.3 is 0 Å². The number of Topliss-reactive ketones (excluding diaryl/α,β-unsaturated/α-hetero) is 1. The fourth-order valence-corrected chi connectivity index (χ4v) is 6.77. The normalized spacial score (nSPS) is 44.0. The molecule has 112 valence electrons. The Hall–Kier alpha value is -1.25. The van der Waals surface area contributed by atoms with Gasteiger partial charge in [0.25, 0.3) is 0 Å². The van der Waals surface area contributed by atoms with Gasteiger partial charge in [-0.25, -0.2) is 9.97 Å². The van der Waals surface area contributed by atoms with Gasteiger partial charge in [-0.15, -0.1) is 0 Å². The second-order valence-corrected chi connectivity index (χ2v) is 8.86. The van der Waals surface area contributed by atoms with Crippen molar-refractivity contribution in [1.29, 1.82) is 0 Å². The van der Waals surface area contributed by atoms with Crippen LogP contribution in [0.5, 0.6) is 0 Å².